The van der Waals surface area contributed by atoms with Crippen LogP contribution in [-0.2, 0) is 16.6 Å². The van der Waals surface area contributed by atoms with E-state index in [9.17, 15) is 12.8 Å². The molecule has 0 bridgehead atoms. The number of thiazole rings is 1. The summed E-state index contributed by atoms with van der Waals surface area (Å²) in [5.41, 5.74) is 2.42. The van der Waals surface area contributed by atoms with Crippen molar-refractivity contribution in [3.05, 3.63) is 40.2 Å². The number of sulfonamides is 1. The van der Waals surface area contributed by atoms with Gasteiger partial charge in [-0.05, 0) is 19.1 Å². The number of aryl methyl sites for hydroxylation is 1. The van der Waals surface area contributed by atoms with Crippen molar-refractivity contribution in [1.82, 2.24) is 14.3 Å². The molecule has 2 heterocycles. The first-order chi connectivity index (χ1) is 8.93. The molecule has 0 saturated carbocycles. The van der Waals surface area contributed by atoms with Gasteiger partial charge in [0.25, 0.3) is 10.0 Å². The molecule has 0 aliphatic carbocycles. The quantitative estimate of drug-likeness (QED) is 0.864. The van der Waals surface area contributed by atoms with E-state index in [0.29, 0.717) is 0 Å². The average Bonchev–Trinajstić information content (AvgIpc) is 2.75. The fourth-order valence-corrected chi connectivity index (χ4v) is 3.49. The van der Waals surface area contributed by atoms with E-state index in [2.05, 4.69) is 9.97 Å². The van der Waals surface area contributed by atoms with E-state index < -0.39 is 20.9 Å². The molecule has 8 heteroatoms. The fraction of sp³-hybridized carbons (Fsp3) is 0.273. The third-order valence-electron chi connectivity index (χ3n) is 2.59. The number of halogens is 1. The van der Waals surface area contributed by atoms with Gasteiger partial charge in [-0.1, -0.05) is 0 Å². The molecule has 0 atom stereocenters. The lowest BCUT2D eigenvalue weighted by Gasteiger charge is -2.16. The van der Waals surface area contributed by atoms with Crippen LogP contribution in [0, 0.1) is 12.7 Å². The van der Waals surface area contributed by atoms with E-state index in [1.165, 1.54) is 30.6 Å². The second-order valence-corrected chi connectivity index (χ2v) is 6.81. The first-order valence-corrected chi connectivity index (χ1v) is 7.70. The van der Waals surface area contributed by atoms with Gasteiger partial charge in [0.15, 0.2) is 5.82 Å². The number of aromatic nitrogens is 2. The first-order valence-electron chi connectivity index (χ1n) is 5.38. The Morgan fingerprint density at radius 3 is 2.74 bits per heavy atom. The Balaban J connectivity index is 2.30. The summed E-state index contributed by atoms with van der Waals surface area (Å²) in [6.07, 6.45) is 1.25. The number of hydrogen-bond donors (Lipinski definition) is 0. The van der Waals surface area contributed by atoms with Crippen molar-refractivity contribution in [3.8, 4) is 0 Å². The van der Waals surface area contributed by atoms with Crippen LogP contribution in [0.2, 0.25) is 0 Å². The summed E-state index contributed by atoms with van der Waals surface area (Å²) in [5, 5.41) is -0.556. The zero-order chi connectivity index (χ0) is 14.0. The maximum atomic E-state index is 13.5. The normalized spacial score (nSPS) is 12.0. The molecule has 2 rings (SSSR count). The number of hydrogen-bond acceptors (Lipinski definition) is 5. The molecule has 0 N–H and O–H groups in total. The van der Waals surface area contributed by atoms with Gasteiger partial charge in [-0.15, -0.1) is 11.3 Å². The van der Waals surface area contributed by atoms with Crippen LogP contribution in [0.4, 0.5) is 4.39 Å². The van der Waals surface area contributed by atoms with Crippen LogP contribution in [0.25, 0.3) is 0 Å². The summed E-state index contributed by atoms with van der Waals surface area (Å²) in [6.45, 7) is 1.95. The third kappa shape index (κ3) is 2.80. The van der Waals surface area contributed by atoms with Crippen molar-refractivity contribution >= 4 is 21.4 Å². The summed E-state index contributed by atoms with van der Waals surface area (Å²) in [4.78, 5) is 8.48. The average molecular weight is 301 g/mol. The summed E-state index contributed by atoms with van der Waals surface area (Å²) in [6, 6.07) is 2.42. The van der Waals surface area contributed by atoms with Crippen molar-refractivity contribution in [3.63, 3.8) is 0 Å². The Morgan fingerprint density at radius 1 is 1.42 bits per heavy atom. The predicted molar refractivity (Wildman–Crippen MR) is 69.7 cm³/mol. The largest absolute Gasteiger partial charge is 0.263 e. The highest BCUT2D eigenvalue weighted by molar-refractivity contribution is 7.89. The molecular weight excluding hydrogens is 289 g/mol. The minimum absolute atomic E-state index is 0.148. The number of rotatable bonds is 4. The molecule has 0 radical (unpaired) electrons. The monoisotopic (exact) mass is 301 g/mol. The summed E-state index contributed by atoms with van der Waals surface area (Å²) >= 11 is 1.36. The SMILES string of the molecule is Cc1ncsc1CN(C)S(=O)(=O)c1ncccc1F. The lowest BCUT2D eigenvalue weighted by Crippen LogP contribution is -2.28. The highest BCUT2D eigenvalue weighted by Gasteiger charge is 2.26. The van der Waals surface area contributed by atoms with Crippen LogP contribution in [0.15, 0.2) is 28.9 Å². The molecule has 0 amide bonds. The molecule has 0 aliphatic heterocycles. The Morgan fingerprint density at radius 2 is 2.16 bits per heavy atom. The highest BCUT2D eigenvalue weighted by atomic mass is 32.2. The van der Waals surface area contributed by atoms with Gasteiger partial charge in [0.1, 0.15) is 0 Å². The number of nitrogens with zero attached hydrogens (tertiary/aromatic N) is 3. The summed E-state index contributed by atoms with van der Waals surface area (Å²) in [5.74, 6) is -0.852. The van der Waals surface area contributed by atoms with Crippen LogP contribution >= 0.6 is 11.3 Å². The van der Waals surface area contributed by atoms with Crippen molar-refractivity contribution < 1.29 is 12.8 Å². The molecule has 102 valence electrons. The van der Waals surface area contributed by atoms with E-state index in [1.807, 2.05) is 0 Å². The lowest BCUT2D eigenvalue weighted by molar-refractivity contribution is 0.456. The van der Waals surface area contributed by atoms with Gasteiger partial charge in [0.2, 0.25) is 5.03 Å². The molecule has 0 saturated heterocycles. The van der Waals surface area contributed by atoms with Crippen molar-refractivity contribution in [2.75, 3.05) is 7.05 Å². The molecule has 2 aromatic heterocycles. The fourth-order valence-electron chi connectivity index (χ4n) is 1.47. The smallest absolute Gasteiger partial charge is 0.250 e. The maximum absolute atomic E-state index is 13.5. The molecule has 2 aromatic rings. The van der Waals surface area contributed by atoms with Gasteiger partial charge in [-0.2, -0.15) is 4.31 Å². The second-order valence-electron chi connectivity index (χ2n) is 3.91. The van der Waals surface area contributed by atoms with Crippen molar-refractivity contribution in [2.24, 2.45) is 0 Å². The minimum Gasteiger partial charge on any atom is -0.250 e. The molecular formula is C11H12FN3O2S2. The molecule has 0 fully saturated rings. The zero-order valence-electron chi connectivity index (χ0n) is 10.4. The predicted octanol–water partition coefficient (Wildman–Crippen LogP) is 1.81. The summed E-state index contributed by atoms with van der Waals surface area (Å²) in [7, 11) is -2.54. The van der Waals surface area contributed by atoms with Crippen molar-refractivity contribution in [1.29, 1.82) is 0 Å². The minimum atomic E-state index is -3.94. The van der Waals surface area contributed by atoms with E-state index >= 15 is 0 Å². The second kappa shape index (κ2) is 5.32. The van der Waals surface area contributed by atoms with E-state index in [-0.39, 0.29) is 6.54 Å². The van der Waals surface area contributed by atoms with E-state index in [1.54, 1.807) is 12.4 Å². The molecule has 5 nitrogen and oxygen atoms in total. The van der Waals surface area contributed by atoms with Gasteiger partial charge in [0.05, 0.1) is 11.2 Å². The van der Waals surface area contributed by atoms with Crippen LogP contribution in [0.5, 0.6) is 0 Å². The standard InChI is InChI=1S/C11H12FN3O2S2/c1-8-10(18-7-14-8)6-15(2)19(16,17)11-9(12)4-3-5-13-11/h3-5,7H,6H2,1-2H3. The molecule has 19 heavy (non-hydrogen) atoms. The van der Waals surface area contributed by atoms with Gasteiger partial charge >= 0.3 is 0 Å². The Labute approximate surface area is 114 Å². The Kier molecular flexibility index (Phi) is 3.93. The van der Waals surface area contributed by atoms with Crippen molar-refractivity contribution in [2.45, 2.75) is 18.5 Å². The van der Waals surface area contributed by atoms with Gasteiger partial charge in [-0.25, -0.2) is 22.8 Å². The number of pyridine rings is 1. The summed E-state index contributed by atoms with van der Waals surface area (Å²) < 4.78 is 39.0. The highest BCUT2D eigenvalue weighted by Crippen LogP contribution is 2.20. The van der Waals surface area contributed by atoms with Gasteiger partial charge < -0.3 is 0 Å². The van der Waals surface area contributed by atoms with Gasteiger partial charge in [0, 0.05) is 24.7 Å². The third-order valence-corrected chi connectivity index (χ3v) is 5.25. The van der Waals surface area contributed by atoms with E-state index in [4.69, 9.17) is 0 Å². The first kappa shape index (κ1) is 14.0. The van der Waals surface area contributed by atoms with E-state index in [0.717, 1.165) is 20.9 Å². The molecule has 0 spiro atoms. The van der Waals surface area contributed by atoms with Crippen LogP contribution in [0.3, 0.4) is 0 Å². The Bertz CT molecular complexity index is 685. The molecule has 0 aliphatic rings. The van der Waals surface area contributed by atoms with Gasteiger partial charge in [-0.3, -0.25) is 0 Å². The molecule has 0 aromatic carbocycles. The molecule has 0 unspecified atom stereocenters. The zero-order valence-corrected chi connectivity index (χ0v) is 12.0. The van der Waals surface area contributed by atoms with Crippen LogP contribution in [0.1, 0.15) is 10.6 Å². The Hall–Kier alpha value is -1.38. The lowest BCUT2D eigenvalue weighted by atomic mass is 10.4. The maximum Gasteiger partial charge on any atom is 0.263 e. The van der Waals surface area contributed by atoms with Crippen LogP contribution < -0.4 is 0 Å². The topological polar surface area (TPSA) is 63.2 Å². The van der Waals surface area contributed by atoms with Crippen LogP contribution in [-0.4, -0.2) is 29.7 Å².